The van der Waals surface area contributed by atoms with Crippen molar-refractivity contribution in [3.05, 3.63) is 58.6 Å². The lowest BCUT2D eigenvalue weighted by Gasteiger charge is -2.34. The van der Waals surface area contributed by atoms with E-state index in [1.165, 1.54) is 22.5 Å². The number of carbonyl (C=O) groups is 1. The van der Waals surface area contributed by atoms with Gasteiger partial charge in [0.1, 0.15) is 4.90 Å². The van der Waals surface area contributed by atoms with E-state index in [-0.39, 0.29) is 52.7 Å². The molecule has 1 N–H and O–H groups in total. The lowest BCUT2D eigenvalue weighted by atomic mass is 10.1. The monoisotopic (exact) mass is 482 g/mol. The zero-order valence-electron chi connectivity index (χ0n) is 18.0. The van der Waals surface area contributed by atoms with Crippen molar-refractivity contribution in [2.45, 2.75) is 48.8 Å². The molecule has 1 fully saturated rings. The molecule has 1 saturated heterocycles. The molecule has 1 aliphatic heterocycles. The minimum atomic E-state index is -3.86. The van der Waals surface area contributed by atoms with E-state index >= 15 is 0 Å². The Labute approximate surface area is 193 Å². The molecule has 6 nitrogen and oxygen atoms in total. The van der Waals surface area contributed by atoms with E-state index in [4.69, 9.17) is 16.3 Å². The summed E-state index contributed by atoms with van der Waals surface area (Å²) in [5.74, 6) is -0.363. The largest absolute Gasteiger partial charge is 0.373 e. The summed E-state index contributed by atoms with van der Waals surface area (Å²) < 4.78 is 33.5. The predicted octanol–water partition coefficient (Wildman–Crippen LogP) is 4.35. The first-order valence-corrected chi connectivity index (χ1v) is 13.1. The second-order valence-corrected chi connectivity index (χ2v) is 10.9. The Hall–Kier alpha value is -1.58. The van der Waals surface area contributed by atoms with Crippen LogP contribution in [-0.4, -0.2) is 50.2 Å². The van der Waals surface area contributed by atoms with Gasteiger partial charge in [-0.25, -0.2) is 8.42 Å². The van der Waals surface area contributed by atoms with Gasteiger partial charge in [0.25, 0.3) is 5.91 Å². The first kappa shape index (κ1) is 24.1. The highest BCUT2D eigenvalue weighted by Crippen LogP contribution is 2.28. The van der Waals surface area contributed by atoms with Crippen molar-refractivity contribution in [1.82, 2.24) is 9.62 Å². The number of nitrogens with one attached hydrogen (secondary N) is 1. The molecule has 2 aromatic rings. The third kappa shape index (κ3) is 5.62. The first-order valence-electron chi connectivity index (χ1n) is 10.0. The average Bonchev–Trinajstić information content (AvgIpc) is 2.73. The van der Waals surface area contributed by atoms with Crippen LogP contribution in [0.5, 0.6) is 0 Å². The van der Waals surface area contributed by atoms with Gasteiger partial charge in [-0.05, 0) is 62.9 Å². The summed E-state index contributed by atoms with van der Waals surface area (Å²) in [6.07, 6.45) is 1.56. The summed E-state index contributed by atoms with van der Waals surface area (Å²) in [6, 6.07) is 12.0. The van der Waals surface area contributed by atoms with Gasteiger partial charge >= 0.3 is 0 Å². The van der Waals surface area contributed by atoms with Gasteiger partial charge in [-0.3, -0.25) is 4.79 Å². The van der Waals surface area contributed by atoms with Crippen LogP contribution in [-0.2, 0) is 14.8 Å². The number of ether oxygens (including phenoxy) is 1. The van der Waals surface area contributed by atoms with Crippen LogP contribution in [0.3, 0.4) is 0 Å². The van der Waals surface area contributed by atoms with Gasteiger partial charge in [-0.1, -0.05) is 23.7 Å². The van der Waals surface area contributed by atoms with Crippen molar-refractivity contribution in [2.75, 3.05) is 19.3 Å². The second kappa shape index (κ2) is 9.92. The molecule has 1 heterocycles. The van der Waals surface area contributed by atoms with Crippen molar-refractivity contribution < 1.29 is 17.9 Å². The SMILES string of the molecule is CSc1ccc(C(C)NC(=O)c2ccc(Cl)c(S(=O)(=O)N3CC(C)OC(C)C3)c2)cc1. The van der Waals surface area contributed by atoms with Crippen LogP contribution in [0.1, 0.15) is 42.7 Å². The van der Waals surface area contributed by atoms with E-state index in [0.717, 1.165) is 10.5 Å². The molecule has 0 aromatic heterocycles. The summed E-state index contributed by atoms with van der Waals surface area (Å²) in [6.45, 7) is 6.02. The number of benzene rings is 2. The predicted molar refractivity (Wildman–Crippen MR) is 124 cm³/mol. The molecule has 3 atom stereocenters. The summed E-state index contributed by atoms with van der Waals surface area (Å²) in [7, 11) is -3.86. The standard InChI is InChI=1S/C22H27ClN2O4S2/c1-14-12-25(13-15(2)29-14)31(27,28)21-11-18(7-10-20(21)23)22(26)24-16(3)17-5-8-19(30-4)9-6-17/h5-11,14-16H,12-13H2,1-4H3,(H,24,26). The Morgan fingerprint density at radius 1 is 1.16 bits per heavy atom. The number of amides is 1. The molecule has 3 rings (SSSR count). The Morgan fingerprint density at radius 3 is 2.35 bits per heavy atom. The zero-order valence-corrected chi connectivity index (χ0v) is 20.4. The van der Waals surface area contributed by atoms with E-state index in [2.05, 4.69) is 5.32 Å². The number of thioether (sulfide) groups is 1. The summed E-state index contributed by atoms with van der Waals surface area (Å²) in [5.41, 5.74) is 1.20. The van der Waals surface area contributed by atoms with Gasteiger partial charge in [0.05, 0.1) is 23.3 Å². The second-order valence-electron chi connectivity index (χ2n) is 7.69. The fourth-order valence-electron chi connectivity index (χ4n) is 3.56. The van der Waals surface area contributed by atoms with Crippen LogP contribution in [0.2, 0.25) is 5.02 Å². The Balaban J connectivity index is 1.81. The molecule has 168 valence electrons. The van der Waals surface area contributed by atoms with Crippen molar-refractivity contribution in [1.29, 1.82) is 0 Å². The molecule has 9 heteroatoms. The van der Waals surface area contributed by atoms with Gasteiger partial charge in [-0.2, -0.15) is 4.31 Å². The average molecular weight is 483 g/mol. The van der Waals surface area contributed by atoms with Crippen LogP contribution < -0.4 is 5.32 Å². The van der Waals surface area contributed by atoms with E-state index in [9.17, 15) is 13.2 Å². The van der Waals surface area contributed by atoms with Crippen LogP contribution >= 0.6 is 23.4 Å². The summed E-state index contributed by atoms with van der Waals surface area (Å²) in [5, 5.41) is 3.01. The number of hydrogen-bond acceptors (Lipinski definition) is 5. The summed E-state index contributed by atoms with van der Waals surface area (Å²) in [4.78, 5) is 13.9. The van der Waals surface area contributed by atoms with Crippen LogP contribution in [0.25, 0.3) is 0 Å². The number of carbonyl (C=O) groups excluding carboxylic acids is 1. The van der Waals surface area contributed by atoms with Gasteiger partial charge in [-0.15, -0.1) is 11.8 Å². The van der Waals surface area contributed by atoms with Crippen molar-refractivity contribution in [3.8, 4) is 0 Å². The quantitative estimate of drug-likeness (QED) is 0.619. The van der Waals surface area contributed by atoms with Gasteiger partial charge in [0, 0.05) is 23.5 Å². The van der Waals surface area contributed by atoms with E-state index in [0.29, 0.717) is 0 Å². The molecule has 0 aliphatic carbocycles. The summed E-state index contributed by atoms with van der Waals surface area (Å²) >= 11 is 7.89. The Bertz CT molecular complexity index is 1030. The fourth-order valence-corrected chi connectivity index (χ4v) is 6.06. The third-order valence-corrected chi connectivity index (χ3v) is 8.22. The number of halogens is 1. The van der Waals surface area contributed by atoms with Gasteiger partial charge < -0.3 is 10.1 Å². The molecule has 2 aromatic carbocycles. The van der Waals surface area contributed by atoms with Crippen molar-refractivity contribution in [2.24, 2.45) is 0 Å². The zero-order chi connectivity index (χ0) is 22.8. The molecule has 0 saturated carbocycles. The molecule has 0 spiro atoms. The maximum absolute atomic E-state index is 13.2. The van der Waals surface area contributed by atoms with Crippen molar-refractivity contribution in [3.63, 3.8) is 0 Å². The fraction of sp³-hybridized carbons (Fsp3) is 0.409. The highest BCUT2D eigenvalue weighted by atomic mass is 35.5. The molecular formula is C22H27ClN2O4S2. The Morgan fingerprint density at radius 2 is 1.77 bits per heavy atom. The maximum atomic E-state index is 13.2. The maximum Gasteiger partial charge on any atom is 0.251 e. The molecule has 0 bridgehead atoms. The molecule has 1 amide bonds. The van der Waals surface area contributed by atoms with E-state index in [1.54, 1.807) is 11.8 Å². The van der Waals surface area contributed by atoms with E-state index in [1.807, 2.05) is 51.3 Å². The van der Waals surface area contributed by atoms with E-state index < -0.39 is 10.0 Å². The smallest absolute Gasteiger partial charge is 0.251 e. The molecule has 31 heavy (non-hydrogen) atoms. The number of morpholine rings is 1. The normalized spacial score (nSPS) is 20.9. The number of sulfonamides is 1. The number of hydrogen-bond donors (Lipinski definition) is 1. The lowest BCUT2D eigenvalue weighted by Crippen LogP contribution is -2.48. The van der Waals surface area contributed by atoms with Crippen LogP contribution in [0, 0.1) is 0 Å². The molecule has 1 aliphatic rings. The molecule has 0 radical (unpaired) electrons. The topological polar surface area (TPSA) is 75.7 Å². The Kier molecular flexibility index (Phi) is 7.70. The highest BCUT2D eigenvalue weighted by Gasteiger charge is 2.34. The first-order chi connectivity index (χ1) is 14.6. The van der Waals surface area contributed by atoms with Gasteiger partial charge in [0.15, 0.2) is 0 Å². The van der Waals surface area contributed by atoms with Crippen LogP contribution in [0.4, 0.5) is 0 Å². The molecular weight excluding hydrogens is 456 g/mol. The minimum absolute atomic E-state index is 0.0694. The number of nitrogens with zero attached hydrogens (tertiary/aromatic N) is 1. The van der Waals surface area contributed by atoms with Crippen molar-refractivity contribution >= 4 is 39.3 Å². The highest BCUT2D eigenvalue weighted by molar-refractivity contribution is 7.98. The number of rotatable bonds is 6. The van der Waals surface area contributed by atoms with Crippen LogP contribution in [0.15, 0.2) is 52.3 Å². The third-order valence-electron chi connectivity index (χ3n) is 5.16. The minimum Gasteiger partial charge on any atom is -0.373 e. The van der Waals surface area contributed by atoms with Gasteiger partial charge in [0.2, 0.25) is 10.0 Å². The molecule has 3 unspecified atom stereocenters. The lowest BCUT2D eigenvalue weighted by molar-refractivity contribution is -0.0440.